The van der Waals surface area contributed by atoms with Crippen LogP contribution in [0, 0.1) is 0 Å². The highest BCUT2D eigenvalue weighted by atomic mass is 32.2. The van der Waals surface area contributed by atoms with Gasteiger partial charge in [0.05, 0.1) is 33.6 Å². The first-order valence-electron chi connectivity index (χ1n) is 27.5. The summed E-state index contributed by atoms with van der Waals surface area (Å²) in [4.78, 5) is 9.96. The molecule has 1 aliphatic carbocycles. The van der Waals surface area contributed by atoms with Gasteiger partial charge in [-0.1, -0.05) is 195 Å². The zero-order valence-corrected chi connectivity index (χ0v) is 46.8. The van der Waals surface area contributed by atoms with Gasteiger partial charge in [-0.15, -0.1) is 0 Å². The van der Waals surface area contributed by atoms with E-state index in [2.05, 4.69) is 295 Å². The Balaban J connectivity index is 1.12. The number of para-hydroxylation sites is 5. The molecule has 3 heterocycles. The lowest BCUT2D eigenvalue weighted by Gasteiger charge is -2.47. The van der Waals surface area contributed by atoms with Gasteiger partial charge in [-0.2, -0.15) is 0 Å². The maximum absolute atomic E-state index is 7.45. The molecular formula is C73H63N3OS. The van der Waals surface area contributed by atoms with Crippen molar-refractivity contribution in [3.8, 4) is 11.1 Å². The van der Waals surface area contributed by atoms with Crippen LogP contribution >= 0.6 is 11.8 Å². The molecule has 4 nitrogen and oxygen atoms in total. The van der Waals surface area contributed by atoms with Crippen molar-refractivity contribution >= 4 is 84.9 Å². The second-order valence-electron chi connectivity index (χ2n) is 24.6. The van der Waals surface area contributed by atoms with Crippen LogP contribution in [0.2, 0.25) is 0 Å². The lowest BCUT2D eigenvalue weighted by molar-refractivity contribution is 0.590. The quantitative estimate of drug-likeness (QED) is 0.165. The van der Waals surface area contributed by atoms with Crippen molar-refractivity contribution in [2.75, 3.05) is 14.7 Å². The summed E-state index contributed by atoms with van der Waals surface area (Å²) >= 11 is 1.87. The predicted molar refractivity (Wildman–Crippen MR) is 329 cm³/mol. The molecule has 1 unspecified atom stereocenters. The van der Waals surface area contributed by atoms with E-state index >= 15 is 0 Å². The highest BCUT2D eigenvalue weighted by Crippen LogP contribution is 2.69. The fourth-order valence-electron chi connectivity index (χ4n) is 12.8. The largest absolute Gasteiger partial charge is 0.455 e. The normalized spacial score (nSPS) is 15.2. The molecular weight excluding hydrogens is 967 g/mol. The Bertz CT molecular complexity index is 4110. The first kappa shape index (κ1) is 48.1. The van der Waals surface area contributed by atoms with E-state index in [-0.39, 0.29) is 16.2 Å². The second kappa shape index (κ2) is 17.4. The van der Waals surface area contributed by atoms with Crippen LogP contribution in [0.5, 0.6) is 0 Å². The Morgan fingerprint density at radius 2 is 0.923 bits per heavy atom. The molecule has 0 N–H and O–H groups in total. The van der Waals surface area contributed by atoms with Crippen LogP contribution < -0.4 is 14.7 Å². The summed E-state index contributed by atoms with van der Waals surface area (Å²) in [6.07, 6.45) is 0. The number of nitrogens with zero attached hydrogens (tertiary/aromatic N) is 3. The summed E-state index contributed by atoms with van der Waals surface area (Å²) in [5.74, 6) is 0. The van der Waals surface area contributed by atoms with E-state index in [0.717, 1.165) is 61.6 Å². The molecule has 14 rings (SSSR count). The Labute approximate surface area is 463 Å². The average molecular weight is 1030 g/mol. The second-order valence-corrected chi connectivity index (χ2v) is 25.7. The van der Waals surface area contributed by atoms with Gasteiger partial charge < -0.3 is 19.1 Å². The molecule has 1 atom stereocenters. The Morgan fingerprint density at radius 3 is 1.56 bits per heavy atom. The van der Waals surface area contributed by atoms with Crippen LogP contribution in [0.1, 0.15) is 101 Å². The maximum atomic E-state index is 7.45. The summed E-state index contributed by atoms with van der Waals surface area (Å²) in [5, 5.41) is 2.17. The summed E-state index contributed by atoms with van der Waals surface area (Å²) in [6, 6.07) is 82.1. The molecule has 10 aromatic carbocycles. The van der Waals surface area contributed by atoms with E-state index in [1.807, 2.05) is 11.8 Å². The van der Waals surface area contributed by atoms with E-state index in [1.165, 1.54) is 71.4 Å². The van der Waals surface area contributed by atoms with Crippen LogP contribution in [-0.2, 0) is 21.7 Å². The van der Waals surface area contributed by atoms with Crippen molar-refractivity contribution in [2.45, 2.75) is 93.8 Å². The number of fused-ring (bicyclic) bond motifs is 15. The topological polar surface area (TPSA) is 22.9 Å². The molecule has 78 heavy (non-hydrogen) atoms. The number of anilines is 9. The maximum Gasteiger partial charge on any atom is 0.145 e. The molecule has 3 aliphatic rings. The van der Waals surface area contributed by atoms with Gasteiger partial charge in [0.2, 0.25) is 0 Å². The number of hydrogen-bond acceptors (Lipinski definition) is 5. The summed E-state index contributed by atoms with van der Waals surface area (Å²) in [7, 11) is 0. The van der Waals surface area contributed by atoms with Gasteiger partial charge in [0, 0.05) is 49.2 Å². The third-order valence-electron chi connectivity index (χ3n) is 16.7. The Hall–Kier alpha value is -8.25. The minimum absolute atomic E-state index is 0.00609. The first-order chi connectivity index (χ1) is 37.6. The molecule has 0 saturated heterocycles. The van der Waals surface area contributed by atoms with Gasteiger partial charge in [0.1, 0.15) is 11.2 Å². The predicted octanol–water partition coefficient (Wildman–Crippen LogP) is 21.0. The molecule has 1 spiro atoms. The number of benzene rings is 10. The summed E-state index contributed by atoms with van der Waals surface area (Å²) < 4.78 is 7.45. The van der Waals surface area contributed by atoms with Crippen molar-refractivity contribution in [2.24, 2.45) is 0 Å². The van der Waals surface area contributed by atoms with E-state index in [9.17, 15) is 0 Å². The molecule has 0 fully saturated rings. The van der Waals surface area contributed by atoms with E-state index in [0.29, 0.717) is 0 Å². The fraction of sp³-hybridized carbons (Fsp3) is 0.178. The highest BCUT2D eigenvalue weighted by molar-refractivity contribution is 7.99. The fourth-order valence-corrected chi connectivity index (χ4v) is 13.9. The standard InChI is InChI=1S/C73H63N3OS/c1-70(2,3)46-30-36-50(37-31-46)74(51-38-32-47(33-39-51)71(4,5)6)53-42-43-54-58(44-53)73(56-23-14-15-25-60(56)76-61-26-16-18-28-64(61)78-65-29-19-24-57(73)68(65)76)59-45-62(67-55-22-13-17-27-63(55)77-69(67)66(54)59)75(49-20-11-10-12-21-49)52-40-34-48(35-41-52)72(7,8)9/h10-45H,1-9H3. The lowest BCUT2D eigenvalue weighted by Crippen LogP contribution is -2.37. The minimum Gasteiger partial charge on any atom is -0.455 e. The number of rotatable bonds is 6. The molecule has 0 bridgehead atoms. The van der Waals surface area contributed by atoms with E-state index < -0.39 is 5.41 Å². The Kier molecular flexibility index (Phi) is 10.7. The zero-order chi connectivity index (χ0) is 53.5. The van der Waals surface area contributed by atoms with Crippen molar-refractivity contribution in [1.82, 2.24) is 0 Å². The third-order valence-corrected chi connectivity index (χ3v) is 17.8. The molecule has 11 aromatic rings. The molecule has 5 heteroatoms. The van der Waals surface area contributed by atoms with E-state index in [4.69, 9.17) is 4.42 Å². The summed E-state index contributed by atoms with van der Waals surface area (Å²) in [5.41, 5.74) is 22.1. The molecule has 0 radical (unpaired) electrons. The summed E-state index contributed by atoms with van der Waals surface area (Å²) in [6.45, 7) is 20.6. The van der Waals surface area contributed by atoms with Crippen LogP contribution in [0.15, 0.2) is 233 Å². The first-order valence-corrected chi connectivity index (χ1v) is 28.3. The monoisotopic (exact) mass is 1030 g/mol. The van der Waals surface area contributed by atoms with Gasteiger partial charge in [0.15, 0.2) is 0 Å². The molecule has 382 valence electrons. The van der Waals surface area contributed by atoms with Crippen molar-refractivity contribution in [3.63, 3.8) is 0 Å². The van der Waals surface area contributed by atoms with Crippen LogP contribution in [0.4, 0.5) is 51.2 Å². The van der Waals surface area contributed by atoms with E-state index in [1.54, 1.807) is 0 Å². The van der Waals surface area contributed by atoms with Gasteiger partial charge in [0.25, 0.3) is 0 Å². The average Bonchev–Trinajstić information content (AvgIpc) is 2.88. The van der Waals surface area contributed by atoms with Crippen molar-refractivity contribution < 1.29 is 4.42 Å². The molecule has 0 saturated carbocycles. The van der Waals surface area contributed by atoms with Gasteiger partial charge >= 0.3 is 0 Å². The zero-order valence-electron chi connectivity index (χ0n) is 45.9. The number of furan rings is 1. The molecule has 2 aliphatic heterocycles. The SMILES string of the molecule is CC(C)(C)c1ccc(N(c2ccc(C(C)(C)C)cc2)c2ccc3c(c2)C2(c4ccccc4N4c5ccccc5Sc5cccc2c54)c2cc(N(c4ccccc4)c4ccc(C(C)(C)C)cc4)c4c(oc5ccccc54)c2-3)cc1. The van der Waals surface area contributed by atoms with Crippen LogP contribution in [0.3, 0.4) is 0 Å². The van der Waals surface area contributed by atoms with Crippen LogP contribution in [-0.4, -0.2) is 0 Å². The minimum atomic E-state index is -0.815. The highest BCUT2D eigenvalue weighted by Gasteiger charge is 2.55. The third kappa shape index (κ3) is 7.27. The smallest absolute Gasteiger partial charge is 0.145 e. The van der Waals surface area contributed by atoms with Crippen molar-refractivity contribution in [3.05, 3.63) is 257 Å². The molecule has 0 amide bonds. The van der Waals surface area contributed by atoms with Gasteiger partial charge in [-0.05, 0) is 158 Å². The number of hydrogen-bond donors (Lipinski definition) is 0. The Morgan fingerprint density at radius 1 is 0.410 bits per heavy atom. The van der Waals surface area contributed by atoms with Gasteiger partial charge in [-0.3, -0.25) is 0 Å². The molecule has 1 aromatic heterocycles. The lowest BCUT2D eigenvalue weighted by atomic mass is 9.64. The van der Waals surface area contributed by atoms with Gasteiger partial charge in [-0.25, -0.2) is 0 Å². The van der Waals surface area contributed by atoms with Crippen LogP contribution in [0.25, 0.3) is 33.1 Å². The van der Waals surface area contributed by atoms with Crippen molar-refractivity contribution in [1.29, 1.82) is 0 Å².